The van der Waals surface area contributed by atoms with Crippen LogP contribution in [0.2, 0.25) is 0 Å². The van der Waals surface area contributed by atoms with Crippen molar-refractivity contribution >= 4 is 24.0 Å². The minimum Gasteiger partial charge on any atom is -0.324 e. The van der Waals surface area contributed by atoms with Crippen LogP contribution in [0.25, 0.3) is 0 Å². The van der Waals surface area contributed by atoms with Gasteiger partial charge in [0.15, 0.2) is 0 Å². The fourth-order valence-electron chi connectivity index (χ4n) is 1.35. The maximum atomic E-state index is 13.3. The number of amides is 1. The summed E-state index contributed by atoms with van der Waals surface area (Å²) in [4.78, 5) is 11.9. The van der Waals surface area contributed by atoms with Crippen molar-refractivity contribution in [2.24, 2.45) is 11.1 Å². The highest BCUT2D eigenvalue weighted by Gasteiger charge is 2.27. The zero-order chi connectivity index (χ0) is 13.2. The third kappa shape index (κ3) is 3.96. The largest absolute Gasteiger partial charge is 0.324 e. The number of hydrogen-bond acceptors (Lipinski definition) is 2. The van der Waals surface area contributed by atoms with Gasteiger partial charge in [-0.3, -0.25) is 4.79 Å². The first-order valence-electron chi connectivity index (χ1n) is 5.55. The summed E-state index contributed by atoms with van der Waals surface area (Å²) in [6, 6.07) is 3.94. The fraction of sp³-hybridized carbons (Fsp3) is 0.462. The smallest absolute Gasteiger partial charge is 0.241 e. The van der Waals surface area contributed by atoms with Crippen molar-refractivity contribution in [3.05, 3.63) is 29.6 Å². The molecule has 3 N–H and O–H groups in total. The summed E-state index contributed by atoms with van der Waals surface area (Å²) in [6.07, 6.45) is 0. The number of carbonyl (C=O) groups is 1. The number of carbonyl (C=O) groups excluding carboxylic acids is 1. The van der Waals surface area contributed by atoms with Crippen LogP contribution in [0.4, 0.5) is 10.1 Å². The summed E-state index contributed by atoms with van der Waals surface area (Å²) in [6.45, 7) is 7.27. The number of benzene rings is 1. The Balaban J connectivity index is 0.00000289. The number of nitrogens with two attached hydrogens (primary N) is 1. The van der Waals surface area contributed by atoms with Gasteiger partial charge in [-0.25, -0.2) is 4.39 Å². The molecule has 0 aliphatic rings. The summed E-state index contributed by atoms with van der Waals surface area (Å²) >= 11 is 0. The van der Waals surface area contributed by atoms with Gasteiger partial charge >= 0.3 is 0 Å². The quantitative estimate of drug-likeness (QED) is 0.871. The molecule has 1 aromatic rings. The Morgan fingerprint density at radius 2 is 1.94 bits per heavy atom. The van der Waals surface area contributed by atoms with Crippen molar-refractivity contribution in [2.75, 3.05) is 5.32 Å². The molecule has 1 atom stereocenters. The third-order valence-electron chi connectivity index (χ3n) is 2.74. The van der Waals surface area contributed by atoms with Gasteiger partial charge in [0.1, 0.15) is 5.82 Å². The molecule has 18 heavy (non-hydrogen) atoms. The molecule has 0 saturated heterocycles. The van der Waals surface area contributed by atoms with E-state index >= 15 is 0 Å². The van der Waals surface area contributed by atoms with Crippen LogP contribution in [0.1, 0.15) is 26.3 Å². The average molecular weight is 275 g/mol. The van der Waals surface area contributed by atoms with Crippen molar-refractivity contribution in [1.29, 1.82) is 0 Å². The molecule has 1 rings (SSSR count). The van der Waals surface area contributed by atoms with Crippen LogP contribution in [-0.2, 0) is 4.79 Å². The van der Waals surface area contributed by atoms with Gasteiger partial charge in [0.05, 0.1) is 6.04 Å². The number of hydrogen-bond donors (Lipinski definition) is 2. The maximum Gasteiger partial charge on any atom is 0.241 e. The molecule has 0 radical (unpaired) electrons. The van der Waals surface area contributed by atoms with Gasteiger partial charge in [-0.05, 0) is 24.5 Å². The van der Waals surface area contributed by atoms with Gasteiger partial charge in [0, 0.05) is 11.3 Å². The molecule has 0 heterocycles. The molecule has 1 aromatic carbocycles. The van der Waals surface area contributed by atoms with Crippen molar-refractivity contribution in [3.63, 3.8) is 0 Å². The SMILES string of the molecule is Cc1c(F)cccc1NC(=O)[C@@H](N)C(C)(C)C.Cl. The second-order valence-corrected chi connectivity index (χ2v) is 5.25. The predicted octanol–water partition coefficient (Wildman–Crippen LogP) is 2.87. The molecule has 0 fully saturated rings. The summed E-state index contributed by atoms with van der Waals surface area (Å²) in [5.74, 6) is -0.640. The van der Waals surface area contributed by atoms with E-state index in [1.54, 1.807) is 19.1 Å². The lowest BCUT2D eigenvalue weighted by Crippen LogP contribution is -2.45. The van der Waals surface area contributed by atoms with Crippen LogP contribution in [0, 0.1) is 18.2 Å². The molecule has 5 heteroatoms. The van der Waals surface area contributed by atoms with Crippen LogP contribution in [0.15, 0.2) is 18.2 Å². The van der Waals surface area contributed by atoms with Crippen LogP contribution < -0.4 is 11.1 Å². The van der Waals surface area contributed by atoms with Crippen molar-refractivity contribution in [3.8, 4) is 0 Å². The molecule has 0 spiro atoms. The first-order valence-corrected chi connectivity index (χ1v) is 5.55. The molecule has 0 aromatic heterocycles. The average Bonchev–Trinajstić information content (AvgIpc) is 2.22. The number of halogens is 2. The Kier molecular flexibility index (Phi) is 5.77. The molecule has 1 amide bonds. The highest BCUT2D eigenvalue weighted by molar-refractivity contribution is 5.95. The topological polar surface area (TPSA) is 55.1 Å². The van der Waals surface area contributed by atoms with Crippen molar-refractivity contribution in [1.82, 2.24) is 0 Å². The first-order chi connectivity index (χ1) is 7.73. The minimum absolute atomic E-state index is 0. The Morgan fingerprint density at radius 1 is 1.39 bits per heavy atom. The lowest BCUT2D eigenvalue weighted by atomic mass is 9.87. The number of rotatable bonds is 2. The Hall–Kier alpha value is -1.13. The van der Waals surface area contributed by atoms with Crippen molar-refractivity contribution in [2.45, 2.75) is 33.7 Å². The Morgan fingerprint density at radius 3 is 2.44 bits per heavy atom. The van der Waals surface area contributed by atoms with E-state index in [0.717, 1.165) is 0 Å². The van der Waals surface area contributed by atoms with Crippen LogP contribution in [0.3, 0.4) is 0 Å². The fourth-order valence-corrected chi connectivity index (χ4v) is 1.35. The van der Waals surface area contributed by atoms with Gasteiger partial charge in [-0.2, -0.15) is 0 Å². The van der Waals surface area contributed by atoms with E-state index in [1.807, 2.05) is 20.8 Å². The second-order valence-electron chi connectivity index (χ2n) is 5.25. The molecule has 0 saturated carbocycles. The molecular formula is C13H20ClFN2O. The third-order valence-corrected chi connectivity index (χ3v) is 2.74. The van der Waals surface area contributed by atoms with E-state index in [-0.39, 0.29) is 29.5 Å². The van der Waals surface area contributed by atoms with E-state index in [2.05, 4.69) is 5.32 Å². The summed E-state index contributed by atoms with van der Waals surface area (Å²) < 4.78 is 13.3. The summed E-state index contributed by atoms with van der Waals surface area (Å²) in [5.41, 5.74) is 6.38. The molecular weight excluding hydrogens is 255 g/mol. The van der Waals surface area contributed by atoms with Crippen LogP contribution >= 0.6 is 12.4 Å². The highest BCUT2D eigenvalue weighted by atomic mass is 35.5. The summed E-state index contributed by atoms with van der Waals surface area (Å²) in [5, 5.41) is 2.65. The Labute approximate surface area is 113 Å². The lowest BCUT2D eigenvalue weighted by molar-refractivity contribution is -0.119. The zero-order valence-corrected chi connectivity index (χ0v) is 11.9. The molecule has 102 valence electrons. The van der Waals surface area contributed by atoms with Gasteiger partial charge in [0.2, 0.25) is 5.91 Å². The van der Waals surface area contributed by atoms with Crippen LogP contribution in [-0.4, -0.2) is 11.9 Å². The maximum absolute atomic E-state index is 13.3. The zero-order valence-electron chi connectivity index (χ0n) is 11.1. The van der Waals surface area contributed by atoms with Gasteiger partial charge in [0.25, 0.3) is 0 Å². The van der Waals surface area contributed by atoms with E-state index in [0.29, 0.717) is 11.3 Å². The van der Waals surface area contributed by atoms with Gasteiger partial charge in [-0.15, -0.1) is 12.4 Å². The minimum atomic E-state index is -0.634. The molecule has 3 nitrogen and oxygen atoms in total. The molecule has 0 aliphatic carbocycles. The molecule has 0 aliphatic heterocycles. The van der Waals surface area contributed by atoms with E-state index in [4.69, 9.17) is 5.73 Å². The second kappa shape index (κ2) is 6.16. The predicted molar refractivity (Wildman–Crippen MR) is 74.4 cm³/mol. The van der Waals surface area contributed by atoms with E-state index < -0.39 is 6.04 Å². The van der Waals surface area contributed by atoms with Gasteiger partial charge in [-0.1, -0.05) is 26.8 Å². The number of anilines is 1. The van der Waals surface area contributed by atoms with E-state index in [1.165, 1.54) is 6.07 Å². The van der Waals surface area contributed by atoms with Gasteiger partial charge < -0.3 is 11.1 Å². The monoisotopic (exact) mass is 274 g/mol. The lowest BCUT2D eigenvalue weighted by Gasteiger charge is -2.26. The highest BCUT2D eigenvalue weighted by Crippen LogP contribution is 2.21. The van der Waals surface area contributed by atoms with E-state index in [9.17, 15) is 9.18 Å². The molecule has 0 unspecified atom stereocenters. The first kappa shape index (κ1) is 16.9. The standard InChI is InChI=1S/C13H19FN2O.ClH/c1-8-9(14)6-5-7-10(8)16-12(17)11(15)13(2,3)4;/h5-7,11H,15H2,1-4H3,(H,16,17);1H/t11-;/m1./s1. The molecule has 0 bridgehead atoms. The van der Waals surface area contributed by atoms with Crippen LogP contribution in [0.5, 0.6) is 0 Å². The normalized spacial score (nSPS) is 12.6. The number of nitrogens with one attached hydrogen (secondary N) is 1. The Bertz CT molecular complexity index is 429. The van der Waals surface area contributed by atoms with Crippen molar-refractivity contribution < 1.29 is 9.18 Å². The summed E-state index contributed by atoms with van der Waals surface area (Å²) in [7, 11) is 0.